The molecule has 1 aromatic carbocycles. The molecule has 0 atom stereocenters. The van der Waals surface area contributed by atoms with Crippen LogP contribution in [0.15, 0.2) is 27.6 Å². The van der Waals surface area contributed by atoms with Gasteiger partial charge in [0.15, 0.2) is 11.2 Å². The lowest BCUT2D eigenvalue weighted by atomic mass is 10.1. The lowest BCUT2D eigenvalue weighted by Gasteiger charge is -2.11. The van der Waals surface area contributed by atoms with Gasteiger partial charge in [0.25, 0.3) is 23.1 Å². The van der Waals surface area contributed by atoms with E-state index >= 15 is 0 Å². The van der Waals surface area contributed by atoms with E-state index in [9.17, 15) is 24.5 Å². The molecule has 0 fully saturated rings. The molecule has 3 aromatic rings. The van der Waals surface area contributed by atoms with E-state index in [2.05, 4.69) is 14.9 Å². The van der Waals surface area contributed by atoms with Crippen molar-refractivity contribution >= 4 is 34.4 Å². The fraction of sp³-hybridized carbons (Fsp3) is 0. The number of pyridine rings is 1. The van der Waals surface area contributed by atoms with Gasteiger partial charge >= 0.3 is 0 Å². The second-order valence-corrected chi connectivity index (χ2v) is 5.10. The number of rotatable bonds is 2. The van der Waals surface area contributed by atoms with Gasteiger partial charge in [-0.3, -0.25) is 34.4 Å². The number of benzene rings is 1. The van der Waals surface area contributed by atoms with Crippen LogP contribution in [0.4, 0.5) is 11.5 Å². The van der Waals surface area contributed by atoms with Crippen LogP contribution >= 0.6 is 0 Å². The van der Waals surface area contributed by atoms with Gasteiger partial charge < -0.3 is 5.73 Å². The standard InChI is InChI=1S/C13H6N6O6/c14-11-8-4(12(21)15-13(8)22)3-7(20)18(11)10-6(19(23)24)2-1-5-9(10)17-25-16-5/h1-3H,14H2,(H,15,21,22). The van der Waals surface area contributed by atoms with E-state index in [0.29, 0.717) is 0 Å². The van der Waals surface area contributed by atoms with E-state index in [0.717, 1.165) is 16.7 Å². The number of nitro groups is 1. The molecule has 0 aliphatic carbocycles. The Hall–Kier alpha value is -4.09. The monoisotopic (exact) mass is 342 g/mol. The quantitative estimate of drug-likeness (QED) is 0.361. The number of carbonyl (C=O) groups excluding carboxylic acids is 2. The average Bonchev–Trinajstić information content (AvgIpc) is 3.12. The molecule has 12 heteroatoms. The van der Waals surface area contributed by atoms with Crippen LogP contribution in [-0.2, 0) is 0 Å². The summed E-state index contributed by atoms with van der Waals surface area (Å²) < 4.78 is 5.30. The topological polar surface area (TPSA) is 176 Å². The van der Waals surface area contributed by atoms with Gasteiger partial charge in [-0.2, -0.15) is 0 Å². The number of nitrogens with zero attached hydrogens (tertiary/aromatic N) is 4. The number of nitrogens with two attached hydrogens (primary N) is 1. The zero-order valence-corrected chi connectivity index (χ0v) is 12.0. The van der Waals surface area contributed by atoms with E-state index < -0.39 is 33.8 Å². The van der Waals surface area contributed by atoms with Crippen molar-refractivity contribution in [3.8, 4) is 5.69 Å². The number of fused-ring (bicyclic) bond motifs is 2. The fourth-order valence-corrected chi connectivity index (χ4v) is 2.71. The molecule has 4 rings (SSSR count). The Balaban J connectivity index is 2.18. The summed E-state index contributed by atoms with van der Waals surface area (Å²) in [5.74, 6) is -2.00. The molecule has 0 bridgehead atoms. The number of carbonyl (C=O) groups is 2. The molecule has 124 valence electrons. The lowest BCUT2D eigenvalue weighted by Crippen LogP contribution is -2.25. The molecule has 1 aliphatic rings. The van der Waals surface area contributed by atoms with Gasteiger partial charge in [0.2, 0.25) is 0 Å². The van der Waals surface area contributed by atoms with Crippen LogP contribution in [0.2, 0.25) is 0 Å². The number of anilines is 1. The van der Waals surface area contributed by atoms with Gasteiger partial charge in [-0.15, -0.1) is 0 Å². The number of nitrogens with one attached hydrogen (secondary N) is 1. The first kappa shape index (κ1) is 14.5. The van der Waals surface area contributed by atoms with Crippen molar-refractivity contribution in [2.75, 3.05) is 5.73 Å². The zero-order valence-electron chi connectivity index (χ0n) is 12.0. The fourth-order valence-electron chi connectivity index (χ4n) is 2.71. The molecule has 0 radical (unpaired) electrons. The van der Waals surface area contributed by atoms with Crippen molar-refractivity contribution < 1.29 is 19.1 Å². The number of hydrogen-bond acceptors (Lipinski definition) is 9. The first-order chi connectivity index (χ1) is 11.9. The van der Waals surface area contributed by atoms with Gasteiger partial charge in [-0.25, -0.2) is 4.63 Å². The Kier molecular flexibility index (Phi) is 2.73. The maximum absolute atomic E-state index is 12.5. The summed E-state index contributed by atoms with van der Waals surface area (Å²) in [4.78, 5) is 46.7. The van der Waals surface area contributed by atoms with E-state index in [1.807, 2.05) is 5.32 Å². The number of aromatic nitrogens is 3. The molecular formula is C13H6N6O6. The predicted octanol–water partition coefficient (Wildman–Crippen LogP) is -0.252. The van der Waals surface area contributed by atoms with E-state index in [4.69, 9.17) is 5.73 Å². The highest BCUT2D eigenvalue weighted by Gasteiger charge is 2.34. The van der Waals surface area contributed by atoms with Gasteiger partial charge in [0, 0.05) is 12.1 Å². The highest BCUT2D eigenvalue weighted by molar-refractivity contribution is 6.23. The first-order valence-corrected chi connectivity index (χ1v) is 6.71. The second-order valence-electron chi connectivity index (χ2n) is 5.10. The Morgan fingerprint density at radius 3 is 2.68 bits per heavy atom. The highest BCUT2D eigenvalue weighted by atomic mass is 16.6. The normalized spacial score (nSPS) is 13.1. The smallest absolute Gasteiger partial charge is 0.295 e. The summed E-state index contributed by atoms with van der Waals surface area (Å²) in [6, 6.07) is 3.27. The molecular weight excluding hydrogens is 336 g/mol. The summed E-state index contributed by atoms with van der Waals surface area (Å²) >= 11 is 0. The molecule has 0 unspecified atom stereocenters. The lowest BCUT2D eigenvalue weighted by molar-refractivity contribution is -0.384. The van der Waals surface area contributed by atoms with Gasteiger partial charge in [0.05, 0.1) is 16.1 Å². The van der Waals surface area contributed by atoms with Crippen molar-refractivity contribution in [2.45, 2.75) is 0 Å². The van der Waals surface area contributed by atoms with Crippen LogP contribution in [0, 0.1) is 10.1 Å². The molecule has 2 aromatic heterocycles. The number of amides is 2. The molecule has 2 amide bonds. The molecule has 3 heterocycles. The second kappa shape index (κ2) is 4.70. The Morgan fingerprint density at radius 1 is 1.20 bits per heavy atom. The van der Waals surface area contributed by atoms with Crippen LogP contribution in [0.1, 0.15) is 20.7 Å². The van der Waals surface area contributed by atoms with Crippen LogP contribution in [0.3, 0.4) is 0 Å². The van der Waals surface area contributed by atoms with Gasteiger partial charge in [0.1, 0.15) is 11.3 Å². The van der Waals surface area contributed by atoms with Crippen LogP contribution < -0.4 is 16.6 Å². The number of hydrogen-bond donors (Lipinski definition) is 2. The minimum absolute atomic E-state index is 0.0901. The summed E-state index contributed by atoms with van der Waals surface area (Å²) in [5.41, 5.74) is 3.86. The Bertz CT molecular complexity index is 1180. The predicted molar refractivity (Wildman–Crippen MR) is 80.3 cm³/mol. The van der Waals surface area contributed by atoms with E-state index in [1.165, 1.54) is 6.07 Å². The maximum atomic E-state index is 12.5. The summed E-state index contributed by atoms with van der Waals surface area (Å²) in [6.45, 7) is 0. The number of nitro benzene ring substituents is 1. The summed E-state index contributed by atoms with van der Waals surface area (Å²) in [6.07, 6.45) is 0. The van der Waals surface area contributed by atoms with Crippen LogP contribution in [-0.4, -0.2) is 31.6 Å². The van der Waals surface area contributed by atoms with Crippen molar-refractivity contribution in [2.24, 2.45) is 0 Å². The molecule has 25 heavy (non-hydrogen) atoms. The Morgan fingerprint density at radius 2 is 1.96 bits per heavy atom. The van der Waals surface area contributed by atoms with E-state index in [-0.39, 0.29) is 27.8 Å². The minimum atomic E-state index is -0.848. The molecule has 3 N–H and O–H groups in total. The summed E-state index contributed by atoms with van der Waals surface area (Å²) in [5, 5.41) is 20.5. The third-order valence-electron chi connectivity index (χ3n) is 3.75. The van der Waals surface area contributed by atoms with Crippen molar-refractivity contribution in [3.63, 3.8) is 0 Å². The van der Waals surface area contributed by atoms with Gasteiger partial charge in [-0.05, 0) is 16.4 Å². The average molecular weight is 342 g/mol. The molecule has 0 spiro atoms. The minimum Gasteiger partial charge on any atom is -0.384 e. The SMILES string of the molecule is Nc1c2c(cc(=O)n1-c1c([N+](=O)[O-])ccc3nonc13)C(=O)NC2=O. The molecule has 1 aliphatic heterocycles. The highest BCUT2D eigenvalue weighted by Crippen LogP contribution is 2.32. The van der Waals surface area contributed by atoms with Crippen molar-refractivity contribution in [1.29, 1.82) is 0 Å². The number of imide groups is 1. The maximum Gasteiger partial charge on any atom is 0.295 e. The molecule has 0 saturated carbocycles. The Labute approximate surface area is 135 Å². The third-order valence-corrected chi connectivity index (χ3v) is 3.75. The number of nitrogen functional groups attached to an aromatic ring is 1. The first-order valence-electron chi connectivity index (χ1n) is 6.71. The summed E-state index contributed by atoms with van der Waals surface area (Å²) in [7, 11) is 0. The third kappa shape index (κ3) is 1.84. The largest absolute Gasteiger partial charge is 0.384 e. The van der Waals surface area contributed by atoms with Gasteiger partial charge in [-0.1, -0.05) is 0 Å². The molecule has 0 saturated heterocycles. The van der Waals surface area contributed by atoms with Crippen molar-refractivity contribution in [3.05, 3.63) is 49.8 Å². The zero-order chi connectivity index (χ0) is 17.9. The van der Waals surface area contributed by atoms with Crippen LogP contribution in [0.25, 0.3) is 16.7 Å². The molecule has 12 nitrogen and oxygen atoms in total. The van der Waals surface area contributed by atoms with E-state index in [1.54, 1.807) is 0 Å². The van der Waals surface area contributed by atoms with Crippen molar-refractivity contribution in [1.82, 2.24) is 20.2 Å². The van der Waals surface area contributed by atoms with Crippen LogP contribution in [0.5, 0.6) is 0 Å².